The number of benzene rings is 2. The zero-order valence-electron chi connectivity index (χ0n) is 17.4. The van der Waals surface area contributed by atoms with Crippen LogP contribution in [-0.2, 0) is 0 Å². The van der Waals surface area contributed by atoms with Crippen molar-refractivity contribution in [1.82, 2.24) is 19.9 Å². The van der Waals surface area contributed by atoms with E-state index in [0.717, 1.165) is 33.4 Å². The smallest absolute Gasteiger partial charge is 0.256 e. The maximum Gasteiger partial charge on any atom is 0.256 e. The Balaban J connectivity index is 1.52. The van der Waals surface area contributed by atoms with Crippen LogP contribution in [0.3, 0.4) is 0 Å². The lowest BCUT2D eigenvalue weighted by atomic mass is 10.0. The quantitative estimate of drug-likeness (QED) is 0.428. The molecule has 5 rings (SSSR count). The largest absolute Gasteiger partial charge is 0.322 e. The summed E-state index contributed by atoms with van der Waals surface area (Å²) in [7, 11) is 0. The average molecular weight is 417 g/mol. The first-order valence-corrected chi connectivity index (χ1v) is 10.2. The van der Waals surface area contributed by atoms with Gasteiger partial charge in [0.25, 0.3) is 5.91 Å². The van der Waals surface area contributed by atoms with Crippen LogP contribution < -0.4 is 5.32 Å². The molecule has 6 nitrogen and oxygen atoms in total. The Labute approximate surface area is 185 Å². The van der Waals surface area contributed by atoms with Crippen molar-refractivity contribution in [3.05, 3.63) is 103 Å². The molecule has 0 aliphatic rings. The Hall–Kier alpha value is -4.45. The third kappa shape index (κ3) is 3.94. The summed E-state index contributed by atoms with van der Waals surface area (Å²) in [6, 6.07) is 22.7. The number of carbonyl (C=O) groups excluding carboxylic acids is 1. The Kier molecular flexibility index (Phi) is 5.09. The van der Waals surface area contributed by atoms with E-state index < -0.39 is 0 Å². The van der Waals surface area contributed by atoms with Crippen molar-refractivity contribution in [2.24, 2.45) is 0 Å². The minimum Gasteiger partial charge on any atom is -0.322 e. The molecule has 0 atom stereocenters. The van der Waals surface area contributed by atoms with E-state index in [4.69, 9.17) is 4.98 Å². The number of nitrogens with zero attached hydrogens (tertiary/aromatic N) is 4. The maximum absolute atomic E-state index is 13.3. The lowest BCUT2D eigenvalue weighted by Crippen LogP contribution is -2.13. The Morgan fingerprint density at radius 3 is 2.47 bits per heavy atom. The van der Waals surface area contributed by atoms with Gasteiger partial charge < -0.3 is 5.32 Å². The first kappa shape index (κ1) is 19.5. The van der Waals surface area contributed by atoms with E-state index >= 15 is 0 Å². The van der Waals surface area contributed by atoms with Gasteiger partial charge in [-0.25, -0.2) is 15.0 Å². The molecule has 154 valence electrons. The highest BCUT2D eigenvalue weighted by Gasteiger charge is 2.14. The lowest BCUT2D eigenvalue weighted by molar-refractivity contribution is 0.102. The zero-order valence-corrected chi connectivity index (χ0v) is 17.4. The fourth-order valence-electron chi connectivity index (χ4n) is 3.61. The van der Waals surface area contributed by atoms with Gasteiger partial charge in [0.05, 0.1) is 22.5 Å². The summed E-state index contributed by atoms with van der Waals surface area (Å²) in [6.07, 6.45) is 5.16. The lowest BCUT2D eigenvalue weighted by Gasteiger charge is -2.11. The Morgan fingerprint density at radius 2 is 1.62 bits per heavy atom. The molecule has 0 aliphatic heterocycles. The molecule has 6 heteroatoms. The molecule has 1 N–H and O–H groups in total. The molecular formula is C26H19N5O. The second kappa shape index (κ2) is 8.35. The molecule has 0 unspecified atom stereocenters. The van der Waals surface area contributed by atoms with Crippen LogP contribution in [0.25, 0.3) is 33.4 Å². The van der Waals surface area contributed by atoms with E-state index in [1.807, 2.05) is 79.7 Å². The van der Waals surface area contributed by atoms with Gasteiger partial charge in [-0.1, -0.05) is 30.3 Å². The number of aromatic nitrogens is 4. The number of aryl methyl sites for hydroxylation is 1. The van der Waals surface area contributed by atoms with Gasteiger partial charge in [-0.15, -0.1) is 0 Å². The SMILES string of the molecule is Cc1nccc(-c2cccc(NC(=O)c3cc(-c4ccncc4)nc4ccccc34)c2)n1. The first-order valence-electron chi connectivity index (χ1n) is 10.2. The maximum atomic E-state index is 13.3. The molecule has 0 spiro atoms. The number of nitrogens with one attached hydrogen (secondary N) is 1. The van der Waals surface area contributed by atoms with Crippen molar-refractivity contribution in [3.8, 4) is 22.5 Å². The van der Waals surface area contributed by atoms with Crippen LogP contribution in [0.15, 0.2) is 91.4 Å². The molecule has 0 fully saturated rings. The van der Waals surface area contributed by atoms with E-state index in [9.17, 15) is 4.79 Å². The number of hydrogen-bond acceptors (Lipinski definition) is 5. The van der Waals surface area contributed by atoms with Crippen molar-refractivity contribution in [1.29, 1.82) is 0 Å². The number of amides is 1. The van der Waals surface area contributed by atoms with Gasteiger partial charge in [-0.3, -0.25) is 9.78 Å². The summed E-state index contributed by atoms with van der Waals surface area (Å²) in [4.78, 5) is 30.8. The molecule has 2 aromatic carbocycles. The highest BCUT2D eigenvalue weighted by Crippen LogP contribution is 2.26. The van der Waals surface area contributed by atoms with E-state index in [2.05, 4.69) is 20.3 Å². The van der Waals surface area contributed by atoms with Crippen molar-refractivity contribution in [2.75, 3.05) is 5.32 Å². The van der Waals surface area contributed by atoms with E-state index in [-0.39, 0.29) is 5.91 Å². The average Bonchev–Trinajstić information content (AvgIpc) is 2.84. The minimum absolute atomic E-state index is 0.199. The van der Waals surface area contributed by atoms with Crippen molar-refractivity contribution < 1.29 is 4.79 Å². The highest BCUT2D eigenvalue weighted by atomic mass is 16.1. The normalized spacial score (nSPS) is 10.8. The van der Waals surface area contributed by atoms with E-state index in [0.29, 0.717) is 17.1 Å². The number of anilines is 1. The molecule has 1 amide bonds. The standard InChI is InChI=1S/C26H19N5O/c1-17-28-14-11-23(29-17)19-5-4-6-20(15-19)30-26(32)22-16-25(18-9-12-27-13-10-18)31-24-8-3-2-7-21(22)24/h2-16H,1H3,(H,30,32). The molecule has 32 heavy (non-hydrogen) atoms. The van der Waals surface area contributed by atoms with Gasteiger partial charge in [0, 0.05) is 40.8 Å². The number of rotatable bonds is 4. The van der Waals surface area contributed by atoms with Crippen molar-refractivity contribution in [2.45, 2.75) is 6.92 Å². The van der Waals surface area contributed by atoms with Crippen LogP contribution in [0, 0.1) is 6.92 Å². The zero-order chi connectivity index (χ0) is 21.9. The van der Waals surface area contributed by atoms with Gasteiger partial charge in [-0.05, 0) is 49.4 Å². The van der Waals surface area contributed by atoms with Gasteiger partial charge in [-0.2, -0.15) is 0 Å². The fraction of sp³-hybridized carbons (Fsp3) is 0.0385. The number of hydrogen-bond donors (Lipinski definition) is 1. The Morgan fingerprint density at radius 1 is 0.781 bits per heavy atom. The summed E-state index contributed by atoms with van der Waals surface area (Å²) >= 11 is 0. The monoisotopic (exact) mass is 417 g/mol. The van der Waals surface area contributed by atoms with Gasteiger partial charge in [0.1, 0.15) is 5.82 Å². The minimum atomic E-state index is -0.199. The second-order valence-electron chi connectivity index (χ2n) is 7.33. The van der Waals surface area contributed by atoms with Gasteiger partial charge in [0.15, 0.2) is 0 Å². The fourth-order valence-corrected chi connectivity index (χ4v) is 3.61. The summed E-state index contributed by atoms with van der Waals surface area (Å²) in [6.45, 7) is 1.85. The van der Waals surface area contributed by atoms with Crippen molar-refractivity contribution >= 4 is 22.5 Å². The predicted molar refractivity (Wildman–Crippen MR) is 125 cm³/mol. The molecule has 0 aliphatic carbocycles. The summed E-state index contributed by atoms with van der Waals surface area (Å²) in [5.74, 6) is 0.499. The van der Waals surface area contributed by atoms with Crippen LogP contribution in [0.4, 0.5) is 5.69 Å². The first-order chi connectivity index (χ1) is 15.7. The van der Waals surface area contributed by atoms with Crippen LogP contribution in [0.2, 0.25) is 0 Å². The van der Waals surface area contributed by atoms with Gasteiger partial charge >= 0.3 is 0 Å². The third-order valence-corrected chi connectivity index (χ3v) is 5.13. The molecule has 0 saturated carbocycles. The molecule has 3 aromatic heterocycles. The molecule has 5 aromatic rings. The number of carbonyl (C=O) groups is 1. The summed E-state index contributed by atoms with van der Waals surface area (Å²) < 4.78 is 0. The van der Waals surface area contributed by atoms with Crippen LogP contribution in [0.5, 0.6) is 0 Å². The predicted octanol–water partition coefficient (Wildman–Crippen LogP) is 5.31. The topological polar surface area (TPSA) is 80.7 Å². The van der Waals surface area contributed by atoms with Crippen LogP contribution >= 0.6 is 0 Å². The van der Waals surface area contributed by atoms with Crippen molar-refractivity contribution in [3.63, 3.8) is 0 Å². The molecule has 3 heterocycles. The summed E-state index contributed by atoms with van der Waals surface area (Å²) in [5.41, 5.74) is 5.36. The van der Waals surface area contributed by atoms with Gasteiger partial charge in [0.2, 0.25) is 0 Å². The molecular weight excluding hydrogens is 398 g/mol. The number of para-hydroxylation sites is 1. The third-order valence-electron chi connectivity index (χ3n) is 5.13. The van der Waals surface area contributed by atoms with Crippen LogP contribution in [0.1, 0.15) is 16.2 Å². The highest BCUT2D eigenvalue weighted by molar-refractivity contribution is 6.13. The molecule has 0 saturated heterocycles. The number of pyridine rings is 2. The van der Waals surface area contributed by atoms with E-state index in [1.54, 1.807) is 18.6 Å². The van der Waals surface area contributed by atoms with E-state index in [1.165, 1.54) is 0 Å². The van der Waals surface area contributed by atoms with Crippen LogP contribution in [-0.4, -0.2) is 25.8 Å². The molecule has 0 radical (unpaired) electrons. The number of fused-ring (bicyclic) bond motifs is 1. The molecule has 0 bridgehead atoms. The second-order valence-corrected chi connectivity index (χ2v) is 7.33. The Bertz CT molecular complexity index is 1430. The summed E-state index contributed by atoms with van der Waals surface area (Å²) in [5, 5.41) is 3.83.